The lowest BCUT2D eigenvalue weighted by Crippen LogP contribution is -2.31. The zero-order valence-corrected chi connectivity index (χ0v) is 16.2. The normalized spacial score (nSPS) is 11.1. The van der Waals surface area contributed by atoms with Gasteiger partial charge in [-0.25, -0.2) is 5.84 Å². The Kier molecular flexibility index (Phi) is 4.66. The second-order valence-electron chi connectivity index (χ2n) is 6.52. The number of amides is 1. The monoisotopic (exact) mass is 394 g/mol. The van der Waals surface area contributed by atoms with Crippen molar-refractivity contribution in [1.29, 1.82) is 0 Å². The van der Waals surface area contributed by atoms with Gasteiger partial charge in [0.1, 0.15) is 5.75 Å². The first-order valence-corrected chi connectivity index (χ1v) is 9.13. The maximum absolute atomic E-state index is 12.0. The molecule has 0 saturated heterocycles. The number of pyridine rings is 1. The minimum Gasteiger partial charge on any atom is -0.497 e. The van der Waals surface area contributed by atoms with Gasteiger partial charge in [0.25, 0.3) is 0 Å². The van der Waals surface area contributed by atoms with Gasteiger partial charge in [0.05, 0.1) is 30.3 Å². The van der Waals surface area contributed by atoms with E-state index in [1.807, 2.05) is 49.4 Å². The second kappa shape index (κ2) is 7.14. The van der Waals surface area contributed by atoms with Crippen molar-refractivity contribution in [3.05, 3.63) is 64.9 Å². The van der Waals surface area contributed by atoms with Crippen LogP contribution in [0.15, 0.2) is 48.7 Å². The summed E-state index contributed by atoms with van der Waals surface area (Å²) in [6, 6.07) is 13.5. The first kappa shape index (κ1) is 18.3. The SMILES string of the molecule is COc1ccc2c(c1)c(CC(=O)NN)c(C)n2-c1ccnc2cc(Cl)ccc12. The highest BCUT2D eigenvalue weighted by Crippen LogP contribution is 2.34. The van der Waals surface area contributed by atoms with Crippen molar-refractivity contribution in [3.63, 3.8) is 0 Å². The Morgan fingerprint density at radius 2 is 2.04 bits per heavy atom. The molecule has 0 spiro atoms. The summed E-state index contributed by atoms with van der Waals surface area (Å²) in [5.41, 5.74) is 6.81. The van der Waals surface area contributed by atoms with Crippen molar-refractivity contribution < 1.29 is 9.53 Å². The van der Waals surface area contributed by atoms with Crippen LogP contribution < -0.4 is 16.0 Å². The molecule has 6 nitrogen and oxygen atoms in total. The molecule has 1 amide bonds. The molecule has 0 unspecified atom stereocenters. The number of methoxy groups -OCH3 is 1. The summed E-state index contributed by atoms with van der Waals surface area (Å²) in [7, 11) is 1.62. The Morgan fingerprint density at radius 3 is 2.79 bits per heavy atom. The van der Waals surface area contributed by atoms with Crippen LogP contribution in [0.25, 0.3) is 27.5 Å². The standard InChI is InChI=1S/C21H19ClN4O2/c1-12-16(11-21(27)25-23)17-10-14(28-2)4-6-19(17)26(12)20-7-8-24-18-9-13(22)3-5-15(18)20/h3-10H,11,23H2,1-2H3,(H,25,27). The molecule has 0 atom stereocenters. The number of ether oxygens (including phenoxy) is 1. The molecule has 4 rings (SSSR count). The van der Waals surface area contributed by atoms with Crippen LogP contribution in [0.4, 0.5) is 0 Å². The van der Waals surface area contributed by atoms with Crippen molar-refractivity contribution >= 4 is 39.3 Å². The third kappa shape index (κ3) is 2.96. The van der Waals surface area contributed by atoms with Gasteiger partial charge in [-0.3, -0.25) is 15.2 Å². The predicted octanol–water partition coefficient (Wildman–Crippen LogP) is 3.68. The minimum atomic E-state index is -0.253. The fraction of sp³-hybridized carbons (Fsp3) is 0.143. The van der Waals surface area contributed by atoms with Gasteiger partial charge in [0.15, 0.2) is 0 Å². The van der Waals surface area contributed by atoms with Gasteiger partial charge >= 0.3 is 0 Å². The van der Waals surface area contributed by atoms with Crippen LogP contribution >= 0.6 is 11.6 Å². The van der Waals surface area contributed by atoms with Gasteiger partial charge in [-0.05, 0) is 55.0 Å². The Labute approximate surface area is 166 Å². The van der Waals surface area contributed by atoms with E-state index < -0.39 is 0 Å². The fourth-order valence-electron chi connectivity index (χ4n) is 3.64. The predicted molar refractivity (Wildman–Crippen MR) is 111 cm³/mol. The molecule has 0 radical (unpaired) electrons. The van der Waals surface area contributed by atoms with Gasteiger partial charge in [0, 0.05) is 27.7 Å². The second-order valence-corrected chi connectivity index (χ2v) is 6.95. The van der Waals surface area contributed by atoms with Crippen LogP contribution in [0.2, 0.25) is 5.02 Å². The highest BCUT2D eigenvalue weighted by atomic mass is 35.5. The van der Waals surface area contributed by atoms with Gasteiger partial charge in [-0.1, -0.05) is 11.6 Å². The van der Waals surface area contributed by atoms with Crippen LogP contribution in [-0.2, 0) is 11.2 Å². The number of rotatable bonds is 4. The largest absolute Gasteiger partial charge is 0.497 e. The Hall–Kier alpha value is -3.09. The van der Waals surface area contributed by atoms with Gasteiger partial charge < -0.3 is 9.30 Å². The van der Waals surface area contributed by atoms with Crippen LogP contribution in [-0.4, -0.2) is 22.6 Å². The quantitative estimate of drug-likeness (QED) is 0.314. The van der Waals surface area contributed by atoms with Crippen molar-refractivity contribution in [1.82, 2.24) is 15.0 Å². The van der Waals surface area contributed by atoms with E-state index in [9.17, 15) is 4.79 Å². The van der Waals surface area contributed by atoms with Crippen LogP contribution in [0.1, 0.15) is 11.3 Å². The summed E-state index contributed by atoms with van der Waals surface area (Å²) >= 11 is 6.14. The van der Waals surface area contributed by atoms with E-state index in [2.05, 4.69) is 15.0 Å². The maximum Gasteiger partial charge on any atom is 0.238 e. The fourth-order valence-corrected chi connectivity index (χ4v) is 3.80. The van der Waals surface area contributed by atoms with E-state index in [0.29, 0.717) is 5.02 Å². The number of nitrogens with one attached hydrogen (secondary N) is 1. The number of nitrogens with zero attached hydrogens (tertiary/aromatic N) is 2. The van der Waals surface area contributed by atoms with Gasteiger partial charge in [0.2, 0.25) is 5.91 Å². The molecule has 2 aromatic carbocycles. The third-order valence-electron chi connectivity index (χ3n) is 4.96. The molecule has 4 aromatic rings. The number of benzene rings is 2. The van der Waals surface area contributed by atoms with Crippen molar-refractivity contribution in [3.8, 4) is 11.4 Å². The van der Waals surface area contributed by atoms with Crippen LogP contribution in [0.5, 0.6) is 5.75 Å². The van der Waals surface area contributed by atoms with E-state index in [0.717, 1.165) is 44.5 Å². The van der Waals surface area contributed by atoms with E-state index in [4.69, 9.17) is 22.2 Å². The Morgan fingerprint density at radius 1 is 1.21 bits per heavy atom. The Balaban J connectivity index is 2.05. The molecule has 0 fully saturated rings. The summed E-state index contributed by atoms with van der Waals surface area (Å²) < 4.78 is 7.52. The molecular formula is C21H19ClN4O2. The number of hydrogen-bond donors (Lipinski definition) is 2. The first-order chi connectivity index (χ1) is 13.5. The lowest BCUT2D eigenvalue weighted by molar-refractivity contribution is -0.120. The maximum atomic E-state index is 12.0. The minimum absolute atomic E-state index is 0.174. The number of hydrogen-bond acceptors (Lipinski definition) is 4. The first-order valence-electron chi connectivity index (χ1n) is 8.75. The number of aromatic nitrogens is 2. The highest BCUT2D eigenvalue weighted by molar-refractivity contribution is 6.31. The molecular weight excluding hydrogens is 376 g/mol. The van der Waals surface area contributed by atoms with Crippen molar-refractivity contribution in [2.45, 2.75) is 13.3 Å². The van der Waals surface area contributed by atoms with Crippen molar-refractivity contribution in [2.75, 3.05) is 7.11 Å². The summed E-state index contributed by atoms with van der Waals surface area (Å²) in [6.45, 7) is 1.99. The molecule has 0 aliphatic heterocycles. The average Bonchev–Trinajstić information content (AvgIpc) is 2.97. The smallest absolute Gasteiger partial charge is 0.238 e. The van der Waals surface area contributed by atoms with Crippen LogP contribution in [0, 0.1) is 6.92 Å². The number of nitrogens with two attached hydrogens (primary N) is 1. The third-order valence-corrected chi connectivity index (χ3v) is 5.20. The lowest BCUT2D eigenvalue weighted by Gasteiger charge is -2.12. The lowest BCUT2D eigenvalue weighted by atomic mass is 10.1. The Bertz CT molecular complexity index is 1220. The molecule has 142 valence electrons. The van der Waals surface area contributed by atoms with Crippen molar-refractivity contribution in [2.24, 2.45) is 5.84 Å². The number of carbonyl (C=O) groups excluding carboxylic acids is 1. The van der Waals surface area contributed by atoms with Gasteiger partial charge in [-0.2, -0.15) is 0 Å². The van der Waals surface area contributed by atoms with E-state index >= 15 is 0 Å². The average molecular weight is 395 g/mol. The summed E-state index contributed by atoms with van der Waals surface area (Å²) in [5.74, 6) is 5.80. The molecule has 2 aromatic heterocycles. The number of hydrazine groups is 1. The zero-order valence-electron chi connectivity index (χ0n) is 15.5. The molecule has 0 bridgehead atoms. The van der Waals surface area contributed by atoms with E-state index in [-0.39, 0.29) is 12.3 Å². The molecule has 28 heavy (non-hydrogen) atoms. The topological polar surface area (TPSA) is 82.2 Å². The van der Waals surface area contributed by atoms with Gasteiger partial charge in [-0.15, -0.1) is 0 Å². The summed E-state index contributed by atoms with van der Waals surface area (Å²) in [5, 5.41) is 2.55. The molecule has 0 saturated carbocycles. The van der Waals surface area contributed by atoms with Crippen LogP contribution in [0.3, 0.4) is 0 Å². The summed E-state index contributed by atoms with van der Waals surface area (Å²) in [4.78, 5) is 16.5. The molecule has 7 heteroatoms. The molecule has 0 aliphatic rings. The molecule has 2 heterocycles. The number of carbonyl (C=O) groups is 1. The highest BCUT2D eigenvalue weighted by Gasteiger charge is 2.19. The molecule has 0 aliphatic carbocycles. The molecule has 3 N–H and O–H groups in total. The number of halogens is 1. The van der Waals surface area contributed by atoms with E-state index in [1.165, 1.54) is 0 Å². The van der Waals surface area contributed by atoms with E-state index in [1.54, 1.807) is 13.3 Å². The summed E-state index contributed by atoms with van der Waals surface area (Å²) in [6.07, 6.45) is 1.93. The number of fused-ring (bicyclic) bond motifs is 2. The zero-order chi connectivity index (χ0) is 19.8.